The molecule has 1 aromatic rings. The van der Waals surface area contributed by atoms with Gasteiger partial charge < -0.3 is 10.1 Å². The molecule has 0 saturated heterocycles. The number of esters is 1. The molecule has 20 heavy (non-hydrogen) atoms. The molecule has 0 saturated carbocycles. The van der Waals surface area contributed by atoms with Crippen LogP contribution in [0.1, 0.15) is 53.7 Å². The summed E-state index contributed by atoms with van der Waals surface area (Å²) in [6.07, 6.45) is 4.48. The molecular weight excluding hydrogens is 274 g/mol. The third-order valence-electron chi connectivity index (χ3n) is 3.05. The van der Waals surface area contributed by atoms with Gasteiger partial charge >= 0.3 is 5.97 Å². The smallest absolute Gasteiger partial charge is 0.348 e. The predicted molar refractivity (Wildman–Crippen MR) is 79.1 cm³/mol. The van der Waals surface area contributed by atoms with Gasteiger partial charge in [0.1, 0.15) is 4.88 Å². The Morgan fingerprint density at radius 2 is 2.00 bits per heavy atom. The summed E-state index contributed by atoms with van der Waals surface area (Å²) in [5.41, 5.74) is 0.957. The largest absolute Gasteiger partial charge is 0.451 e. The van der Waals surface area contributed by atoms with Crippen LogP contribution in [0, 0.1) is 0 Å². The molecule has 110 valence electrons. The highest BCUT2D eigenvalue weighted by atomic mass is 32.1. The van der Waals surface area contributed by atoms with Crippen molar-refractivity contribution in [2.45, 2.75) is 52.0 Å². The SMILES string of the molecule is CC(C)(C)NC(=O)COC(=O)c1cc2c(s1)CCCC2. The third-order valence-corrected chi connectivity index (χ3v) is 4.26. The predicted octanol–water partition coefficient (Wildman–Crippen LogP) is 2.70. The molecule has 0 aliphatic heterocycles. The summed E-state index contributed by atoms with van der Waals surface area (Å²) in [7, 11) is 0. The first-order chi connectivity index (χ1) is 9.35. The zero-order chi connectivity index (χ0) is 14.8. The van der Waals surface area contributed by atoms with Crippen LogP contribution >= 0.6 is 11.3 Å². The lowest BCUT2D eigenvalue weighted by molar-refractivity contribution is -0.125. The molecule has 1 aromatic heterocycles. The van der Waals surface area contributed by atoms with Crippen LogP contribution in [0.4, 0.5) is 0 Å². The molecule has 1 heterocycles. The summed E-state index contributed by atoms with van der Waals surface area (Å²) in [6, 6.07) is 1.92. The van der Waals surface area contributed by atoms with Gasteiger partial charge in [-0.15, -0.1) is 11.3 Å². The molecule has 0 atom stereocenters. The van der Waals surface area contributed by atoms with E-state index in [4.69, 9.17) is 4.74 Å². The fourth-order valence-corrected chi connectivity index (χ4v) is 3.40. The normalized spacial score (nSPS) is 14.6. The van der Waals surface area contributed by atoms with Crippen LogP contribution in [0.3, 0.4) is 0 Å². The second-order valence-corrected chi connectivity index (χ2v) is 7.28. The lowest BCUT2D eigenvalue weighted by Crippen LogP contribution is -2.42. The van der Waals surface area contributed by atoms with Gasteiger partial charge in [-0.25, -0.2) is 4.79 Å². The highest BCUT2D eigenvalue weighted by Gasteiger charge is 2.20. The van der Waals surface area contributed by atoms with E-state index in [1.54, 1.807) is 0 Å². The Labute approximate surface area is 123 Å². The van der Waals surface area contributed by atoms with Gasteiger partial charge in [0, 0.05) is 10.4 Å². The van der Waals surface area contributed by atoms with Gasteiger partial charge in [0.25, 0.3) is 5.91 Å². The molecule has 4 nitrogen and oxygen atoms in total. The monoisotopic (exact) mass is 295 g/mol. The Bertz CT molecular complexity index is 490. The van der Waals surface area contributed by atoms with Crippen molar-refractivity contribution < 1.29 is 14.3 Å². The zero-order valence-electron chi connectivity index (χ0n) is 12.2. The van der Waals surface area contributed by atoms with Gasteiger partial charge in [0.15, 0.2) is 6.61 Å². The van der Waals surface area contributed by atoms with Crippen LogP contribution in [0.5, 0.6) is 0 Å². The van der Waals surface area contributed by atoms with Crippen LogP contribution in [0.15, 0.2) is 6.07 Å². The lowest BCUT2D eigenvalue weighted by atomic mass is 9.99. The van der Waals surface area contributed by atoms with Gasteiger partial charge in [-0.05, 0) is 58.1 Å². The average molecular weight is 295 g/mol. The summed E-state index contributed by atoms with van der Waals surface area (Å²) < 4.78 is 5.07. The molecule has 0 bridgehead atoms. The first-order valence-electron chi connectivity index (χ1n) is 6.95. The van der Waals surface area contributed by atoms with Crippen molar-refractivity contribution in [2.75, 3.05) is 6.61 Å². The Hall–Kier alpha value is -1.36. The number of thiophene rings is 1. The molecule has 0 aromatic carbocycles. The van der Waals surface area contributed by atoms with E-state index in [2.05, 4.69) is 5.32 Å². The average Bonchev–Trinajstić information content (AvgIpc) is 2.77. The Morgan fingerprint density at radius 1 is 1.30 bits per heavy atom. The number of fused-ring (bicyclic) bond motifs is 1. The van der Waals surface area contributed by atoms with Crippen LogP contribution in [0.25, 0.3) is 0 Å². The van der Waals surface area contributed by atoms with Crippen molar-refractivity contribution in [3.63, 3.8) is 0 Å². The number of ether oxygens (including phenoxy) is 1. The van der Waals surface area contributed by atoms with Gasteiger partial charge in [0.05, 0.1) is 0 Å². The molecule has 0 spiro atoms. The van der Waals surface area contributed by atoms with Gasteiger partial charge in [-0.1, -0.05) is 0 Å². The second kappa shape index (κ2) is 5.95. The van der Waals surface area contributed by atoms with E-state index in [9.17, 15) is 9.59 Å². The molecule has 5 heteroatoms. The van der Waals surface area contributed by atoms with E-state index in [1.807, 2.05) is 26.8 Å². The standard InChI is InChI=1S/C15H21NO3S/c1-15(2,3)16-13(17)9-19-14(18)12-8-10-6-4-5-7-11(10)20-12/h8H,4-7,9H2,1-3H3,(H,16,17). The topological polar surface area (TPSA) is 55.4 Å². The fourth-order valence-electron chi connectivity index (χ4n) is 2.25. The van der Waals surface area contributed by atoms with E-state index in [0.717, 1.165) is 12.8 Å². The molecule has 0 radical (unpaired) electrons. The quantitative estimate of drug-likeness (QED) is 0.872. The van der Waals surface area contributed by atoms with E-state index in [0.29, 0.717) is 4.88 Å². The van der Waals surface area contributed by atoms with Crippen molar-refractivity contribution >= 4 is 23.2 Å². The minimum absolute atomic E-state index is 0.224. The highest BCUT2D eigenvalue weighted by Crippen LogP contribution is 2.29. The number of hydrogen-bond acceptors (Lipinski definition) is 4. The first-order valence-corrected chi connectivity index (χ1v) is 7.76. The summed E-state index contributed by atoms with van der Waals surface area (Å²) in [5, 5.41) is 2.76. The summed E-state index contributed by atoms with van der Waals surface area (Å²) in [5.74, 6) is -0.666. The van der Waals surface area contributed by atoms with Crippen LogP contribution in [-0.4, -0.2) is 24.0 Å². The van der Waals surface area contributed by atoms with Gasteiger partial charge in [-0.2, -0.15) is 0 Å². The van der Waals surface area contributed by atoms with Crippen LogP contribution in [0.2, 0.25) is 0 Å². The van der Waals surface area contributed by atoms with E-state index >= 15 is 0 Å². The summed E-state index contributed by atoms with van der Waals surface area (Å²) >= 11 is 1.50. The number of carbonyl (C=O) groups is 2. The van der Waals surface area contributed by atoms with Crippen molar-refractivity contribution in [1.82, 2.24) is 5.32 Å². The lowest BCUT2D eigenvalue weighted by Gasteiger charge is -2.20. The fraction of sp³-hybridized carbons (Fsp3) is 0.600. The number of amides is 1. The van der Waals surface area contributed by atoms with Crippen LogP contribution < -0.4 is 5.32 Å². The Morgan fingerprint density at radius 3 is 2.65 bits per heavy atom. The van der Waals surface area contributed by atoms with E-state index in [1.165, 1.54) is 34.6 Å². The van der Waals surface area contributed by atoms with Gasteiger partial charge in [-0.3, -0.25) is 4.79 Å². The molecule has 1 aliphatic carbocycles. The van der Waals surface area contributed by atoms with Crippen LogP contribution in [-0.2, 0) is 22.4 Å². The maximum atomic E-state index is 11.9. The number of carbonyl (C=O) groups excluding carboxylic acids is 2. The first kappa shape index (κ1) is 15.0. The molecule has 1 amide bonds. The van der Waals surface area contributed by atoms with E-state index < -0.39 is 5.97 Å². The number of rotatable bonds is 3. The summed E-state index contributed by atoms with van der Waals surface area (Å²) in [4.78, 5) is 25.5. The molecule has 2 rings (SSSR count). The molecule has 0 unspecified atom stereocenters. The van der Waals surface area contributed by atoms with Crippen molar-refractivity contribution in [2.24, 2.45) is 0 Å². The third kappa shape index (κ3) is 4.07. The minimum atomic E-state index is -0.395. The molecule has 1 aliphatic rings. The molecule has 1 N–H and O–H groups in total. The maximum Gasteiger partial charge on any atom is 0.348 e. The molecular formula is C15H21NO3S. The van der Waals surface area contributed by atoms with Crippen molar-refractivity contribution in [3.8, 4) is 0 Å². The maximum absolute atomic E-state index is 11.9. The number of nitrogens with one attached hydrogen (secondary N) is 1. The second-order valence-electron chi connectivity index (χ2n) is 6.14. The zero-order valence-corrected chi connectivity index (χ0v) is 13.1. The highest BCUT2D eigenvalue weighted by molar-refractivity contribution is 7.14. The summed E-state index contributed by atoms with van der Waals surface area (Å²) in [6.45, 7) is 5.44. The Kier molecular flexibility index (Phi) is 4.48. The molecule has 0 fully saturated rings. The number of aryl methyl sites for hydroxylation is 2. The van der Waals surface area contributed by atoms with E-state index in [-0.39, 0.29) is 18.1 Å². The van der Waals surface area contributed by atoms with Gasteiger partial charge in [0.2, 0.25) is 0 Å². The number of hydrogen-bond donors (Lipinski definition) is 1. The Balaban J connectivity index is 1.89. The minimum Gasteiger partial charge on any atom is -0.451 e. The van der Waals surface area contributed by atoms with Crippen molar-refractivity contribution in [3.05, 3.63) is 21.4 Å². The van der Waals surface area contributed by atoms with Crippen molar-refractivity contribution in [1.29, 1.82) is 0 Å².